The van der Waals surface area contributed by atoms with Gasteiger partial charge in [-0.2, -0.15) is 0 Å². The van der Waals surface area contributed by atoms with Crippen LogP contribution in [0.15, 0.2) is 36.5 Å². The Morgan fingerprint density at radius 2 is 0.981 bits per heavy atom. The van der Waals surface area contributed by atoms with E-state index >= 15 is 0 Å². The maximum atomic E-state index is 12.6. The summed E-state index contributed by atoms with van der Waals surface area (Å²) in [6, 6.07) is 0. The van der Waals surface area contributed by atoms with Crippen molar-refractivity contribution in [2.24, 2.45) is 5.73 Å². The van der Waals surface area contributed by atoms with Crippen LogP contribution >= 0.6 is 7.82 Å². The number of phosphoric ester groups is 1. The number of unbranched alkanes of at least 4 members (excludes halogenated alkanes) is 21. The Balaban J connectivity index is 4.18. The molecule has 310 valence electrons. The van der Waals surface area contributed by atoms with Crippen molar-refractivity contribution >= 4 is 19.8 Å². The maximum absolute atomic E-state index is 12.6. The van der Waals surface area contributed by atoms with Crippen molar-refractivity contribution in [1.82, 2.24) is 0 Å². The smallest absolute Gasteiger partial charge is 0.462 e. The number of ether oxygens (including phenoxy) is 2. The van der Waals surface area contributed by atoms with Gasteiger partial charge in [0.1, 0.15) is 6.61 Å². The minimum absolute atomic E-state index is 0.0501. The van der Waals surface area contributed by atoms with Crippen LogP contribution in [0.5, 0.6) is 0 Å². The van der Waals surface area contributed by atoms with Crippen molar-refractivity contribution in [1.29, 1.82) is 0 Å². The van der Waals surface area contributed by atoms with E-state index in [9.17, 15) is 19.0 Å². The second-order valence-electron chi connectivity index (χ2n) is 14.2. The zero-order valence-electron chi connectivity index (χ0n) is 34.0. The molecular formula is C43H80NO8P. The lowest BCUT2D eigenvalue weighted by atomic mass is 10.1. The van der Waals surface area contributed by atoms with E-state index in [4.69, 9.17) is 24.3 Å². The molecule has 0 aromatic carbocycles. The van der Waals surface area contributed by atoms with E-state index in [1.165, 1.54) is 89.9 Å². The summed E-state index contributed by atoms with van der Waals surface area (Å²) in [7, 11) is -4.38. The summed E-state index contributed by atoms with van der Waals surface area (Å²) in [5, 5.41) is 0. The third kappa shape index (κ3) is 39.7. The zero-order chi connectivity index (χ0) is 38.9. The molecule has 0 aliphatic carbocycles. The SMILES string of the molecule is CCCCCC=CCC=CCCCCCCCC(=O)OC(COC(=O)CCCCCCCCCC=CCCCCCCCC)COP(=O)(O)OCCN. The minimum atomic E-state index is -4.38. The van der Waals surface area contributed by atoms with Gasteiger partial charge < -0.3 is 20.1 Å². The Hall–Kier alpha value is -1.77. The summed E-state index contributed by atoms with van der Waals surface area (Å²) < 4.78 is 32.7. The van der Waals surface area contributed by atoms with E-state index in [0.29, 0.717) is 6.42 Å². The summed E-state index contributed by atoms with van der Waals surface area (Å²) >= 11 is 0. The lowest BCUT2D eigenvalue weighted by Gasteiger charge is -2.19. The molecule has 0 bridgehead atoms. The van der Waals surface area contributed by atoms with Crippen molar-refractivity contribution in [3.05, 3.63) is 36.5 Å². The van der Waals surface area contributed by atoms with Crippen LogP contribution in [0.4, 0.5) is 0 Å². The lowest BCUT2D eigenvalue weighted by molar-refractivity contribution is -0.161. The van der Waals surface area contributed by atoms with Crippen LogP contribution in [0.1, 0.15) is 194 Å². The molecule has 0 amide bonds. The first-order valence-electron chi connectivity index (χ1n) is 21.5. The van der Waals surface area contributed by atoms with E-state index in [0.717, 1.165) is 70.6 Å². The standard InChI is InChI=1S/C43H80NO8P/c1-3-5-7-9-11-13-15-17-19-20-22-23-25-27-29-31-33-35-42(45)49-39-41(40-51-53(47,48)50-38-37-44)52-43(46)36-34-32-30-28-26-24-21-18-16-14-12-10-8-6-4-2/h12,14,17-19,21,41H,3-11,13,15-16,20,22-40,44H2,1-2H3,(H,47,48). The Kier molecular flexibility index (Phi) is 38.6. The third-order valence-electron chi connectivity index (χ3n) is 9.00. The molecule has 2 unspecified atom stereocenters. The van der Waals surface area contributed by atoms with Gasteiger partial charge >= 0.3 is 19.8 Å². The van der Waals surface area contributed by atoms with Gasteiger partial charge in [-0.1, -0.05) is 147 Å². The fourth-order valence-electron chi connectivity index (χ4n) is 5.78. The number of phosphoric acid groups is 1. The van der Waals surface area contributed by atoms with E-state index in [1.807, 2.05) is 0 Å². The molecule has 0 spiro atoms. The molecule has 0 fully saturated rings. The van der Waals surface area contributed by atoms with Gasteiger partial charge in [0.05, 0.1) is 13.2 Å². The predicted octanol–water partition coefficient (Wildman–Crippen LogP) is 12.2. The lowest BCUT2D eigenvalue weighted by Crippen LogP contribution is -2.29. The molecule has 9 nitrogen and oxygen atoms in total. The van der Waals surface area contributed by atoms with Gasteiger partial charge in [0, 0.05) is 19.4 Å². The average molecular weight is 770 g/mol. The number of rotatable bonds is 40. The monoisotopic (exact) mass is 770 g/mol. The van der Waals surface area contributed by atoms with E-state index in [1.54, 1.807) is 0 Å². The van der Waals surface area contributed by atoms with Gasteiger partial charge in [-0.25, -0.2) is 4.57 Å². The maximum Gasteiger partial charge on any atom is 0.472 e. The first-order chi connectivity index (χ1) is 25.8. The molecule has 0 radical (unpaired) electrons. The van der Waals surface area contributed by atoms with Gasteiger partial charge in [0.2, 0.25) is 0 Å². The topological polar surface area (TPSA) is 134 Å². The van der Waals surface area contributed by atoms with Gasteiger partial charge in [0.15, 0.2) is 6.10 Å². The van der Waals surface area contributed by atoms with Gasteiger partial charge in [0.25, 0.3) is 0 Å². The molecule has 10 heteroatoms. The molecular weight excluding hydrogens is 689 g/mol. The van der Waals surface area contributed by atoms with Crippen LogP contribution in [0.2, 0.25) is 0 Å². The van der Waals surface area contributed by atoms with Crippen molar-refractivity contribution < 1.29 is 37.6 Å². The first-order valence-corrected chi connectivity index (χ1v) is 23.0. The number of allylic oxidation sites excluding steroid dienone is 6. The molecule has 0 aliphatic rings. The van der Waals surface area contributed by atoms with Crippen LogP contribution in [0.25, 0.3) is 0 Å². The predicted molar refractivity (Wildman–Crippen MR) is 220 cm³/mol. The van der Waals surface area contributed by atoms with Crippen LogP contribution in [-0.2, 0) is 32.7 Å². The molecule has 2 atom stereocenters. The highest BCUT2D eigenvalue weighted by Gasteiger charge is 2.26. The van der Waals surface area contributed by atoms with E-state index in [2.05, 4.69) is 50.3 Å². The Morgan fingerprint density at radius 3 is 1.49 bits per heavy atom. The summed E-state index contributed by atoms with van der Waals surface area (Å²) in [6.07, 6.45) is 43.1. The number of hydrogen-bond donors (Lipinski definition) is 2. The summed E-state index contributed by atoms with van der Waals surface area (Å²) in [6.45, 7) is 3.68. The van der Waals surface area contributed by atoms with Crippen LogP contribution in [0, 0.1) is 0 Å². The number of hydrogen-bond acceptors (Lipinski definition) is 8. The Labute approximate surface area is 324 Å². The molecule has 0 rings (SSSR count). The second-order valence-corrected chi connectivity index (χ2v) is 15.7. The van der Waals surface area contributed by atoms with Crippen LogP contribution in [0.3, 0.4) is 0 Å². The minimum Gasteiger partial charge on any atom is -0.462 e. The molecule has 3 N–H and O–H groups in total. The Bertz CT molecular complexity index is 970. The van der Waals surface area contributed by atoms with Gasteiger partial charge in [-0.3, -0.25) is 18.6 Å². The quantitative estimate of drug-likeness (QED) is 0.0270. The number of carbonyl (C=O) groups excluding carboxylic acids is 2. The van der Waals surface area contributed by atoms with Gasteiger partial charge in [-0.05, 0) is 70.6 Å². The van der Waals surface area contributed by atoms with Crippen LogP contribution in [-0.4, -0.2) is 49.3 Å². The molecule has 0 aromatic rings. The summed E-state index contributed by atoms with van der Waals surface area (Å²) in [4.78, 5) is 34.8. The van der Waals surface area contributed by atoms with Crippen molar-refractivity contribution in [2.75, 3.05) is 26.4 Å². The number of esters is 2. The third-order valence-corrected chi connectivity index (χ3v) is 9.98. The largest absolute Gasteiger partial charge is 0.472 e. The molecule has 0 saturated heterocycles. The molecule has 0 saturated carbocycles. The highest BCUT2D eigenvalue weighted by Crippen LogP contribution is 2.43. The fourth-order valence-corrected chi connectivity index (χ4v) is 6.54. The highest BCUT2D eigenvalue weighted by molar-refractivity contribution is 7.47. The summed E-state index contributed by atoms with van der Waals surface area (Å²) in [5.74, 6) is -0.848. The molecule has 0 aromatic heterocycles. The second kappa shape index (κ2) is 39.9. The van der Waals surface area contributed by atoms with Crippen molar-refractivity contribution in [3.63, 3.8) is 0 Å². The van der Waals surface area contributed by atoms with Gasteiger partial charge in [-0.15, -0.1) is 0 Å². The molecule has 0 heterocycles. The van der Waals surface area contributed by atoms with E-state index < -0.39 is 26.5 Å². The number of nitrogens with two attached hydrogens (primary N) is 1. The van der Waals surface area contributed by atoms with Crippen LogP contribution < -0.4 is 5.73 Å². The normalized spacial score (nSPS) is 13.7. The van der Waals surface area contributed by atoms with Crippen molar-refractivity contribution in [2.45, 2.75) is 200 Å². The first kappa shape index (κ1) is 51.2. The van der Waals surface area contributed by atoms with Crippen molar-refractivity contribution in [3.8, 4) is 0 Å². The zero-order valence-corrected chi connectivity index (χ0v) is 34.9. The molecule has 53 heavy (non-hydrogen) atoms. The highest BCUT2D eigenvalue weighted by atomic mass is 31.2. The summed E-state index contributed by atoms with van der Waals surface area (Å²) in [5.41, 5.74) is 5.34. The number of carbonyl (C=O) groups is 2. The Morgan fingerprint density at radius 1 is 0.566 bits per heavy atom. The average Bonchev–Trinajstić information content (AvgIpc) is 3.14. The van der Waals surface area contributed by atoms with E-state index in [-0.39, 0.29) is 38.6 Å². The molecule has 0 aliphatic heterocycles. The fraction of sp³-hybridized carbons (Fsp3) is 0.814.